The van der Waals surface area contributed by atoms with Crippen LogP contribution in [0.2, 0.25) is 0 Å². The molecule has 2 rings (SSSR count). The molecule has 0 aromatic carbocycles. The Labute approximate surface area is 96.9 Å². The lowest BCUT2D eigenvalue weighted by atomic mass is 9.56. The third kappa shape index (κ3) is 1.44. The van der Waals surface area contributed by atoms with Crippen molar-refractivity contribution in [1.29, 1.82) is 0 Å². The Bertz CT molecular complexity index is 378. The fourth-order valence-electron chi connectivity index (χ4n) is 3.46. The van der Waals surface area contributed by atoms with Crippen LogP contribution in [-0.2, 0) is 4.74 Å². The average Bonchev–Trinajstić information content (AvgIpc) is 2.24. The van der Waals surface area contributed by atoms with Crippen LogP contribution < -0.4 is 0 Å². The molecule has 1 fully saturated rings. The molecule has 1 heterocycles. The Hall–Kier alpha value is -1.01. The molecule has 1 N–H and O–H groups in total. The summed E-state index contributed by atoms with van der Waals surface area (Å²) >= 11 is 0. The lowest BCUT2D eigenvalue weighted by Crippen LogP contribution is -2.49. The topological polar surface area (TPSA) is 33.8 Å². The smallest absolute Gasteiger partial charge is 0.203 e. The summed E-state index contributed by atoms with van der Waals surface area (Å²) < 4.78 is 5.56. The first-order valence-corrected chi connectivity index (χ1v) is 5.79. The number of rotatable bonds is 0. The molecule has 3 heteroatoms. The van der Waals surface area contributed by atoms with E-state index in [1.807, 2.05) is 13.8 Å². The van der Waals surface area contributed by atoms with E-state index in [9.17, 15) is 5.11 Å². The normalized spacial score (nSPS) is 37.8. The van der Waals surface area contributed by atoms with Gasteiger partial charge in [-0.05, 0) is 24.2 Å². The van der Waals surface area contributed by atoms with Gasteiger partial charge >= 0.3 is 0 Å². The van der Waals surface area contributed by atoms with Gasteiger partial charge in [0, 0.05) is 12.0 Å². The standard InChI is InChI=1S/C13H19NO2/c1-12(2)10-5-6-16-8-13(10,3)7-9(14-4)11(12)15/h10,15H,5-8H2,1-3H3/t10?,13-/m1/s1. The van der Waals surface area contributed by atoms with E-state index >= 15 is 0 Å². The number of fused-ring (bicyclic) bond motifs is 1. The highest BCUT2D eigenvalue weighted by Gasteiger charge is 2.52. The van der Waals surface area contributed by atoms with Gasteiger partial charge in [-0.15, -0.1) is 0 Å². The second kappa shape index (κ2) is 3.49. The van der Waals surface area contributed by atoms with Crippen LogP contribution in [-0.4, -0.2) is 18.3 Å². The zero-order valence-electron chi connectivity index (χ0n) is 10.2. The minimum atomic E-state index is -0.295. The Morgan fingerprint density at radius 3 is 2.75 bits per heavy atom. The molecule has 0 aromatic heterocycles. The number of hydrogen-bond donors (Lipinski definition) is 1. The van der Waals surface area contributed by atoms with Crippen molar-refractivity contribution < 1.29 is 9.84 Å². The van der Waals surface area contributed by atoms with Crippen molar-refractivity contribution in [2.24, 2.45) is 16.7 Å². The molecule has 1 unspecified atom stereocenters. The van der Waals surface area contributed by atoms with Crippen molar-refractivity contribution in [3.8, 4) is 0 Å². The van der Waals surface area contributed by atoms with Crippen molar-refractivity contribution in [1.82, 2.24) is 0 Å². The molecule has 1 aliphatic carbocycles. The molecule has 16 heavy (non-hydrogen) atoms. The minimum Gasteiger partial charge on any atom is -0.523 e. The lowest BCUT2D eigenvalue weighted by Gasteiger charge is -2.52. The fourth-order valence-corrected chi connectivity index (χ4v) is 3.46. The molecule has 0 radical (unpaired) electrons. The molecule has 88 valence electrons. The van der Waals surface area contributed by atoms with E-state index in [4.69, 9.17) is 11.3 Å². The monoisotopic (exact) mass is 221 g/mol. The van der Waals surface area contributed by atoms with Crippen LogP contribution in [0.1, 0.15) is 33.6 Å². The second-order valence-electron chi connectivity index (χ2n) is 5.85. The summed E-state index contributed by atoms with van der Waals surface area (Å²) in [6, 6.07) is 0. The summed E-state index contributed by atoms with van der Waals surface area (Å²) in [7, 11) is 0. The van der Waals surface area contributed by atoms with Gasteiger partial charge in [0.05, 0.1) is 13.2 Å². The summed E-state index contributed by atoms with van der Waals surface area (Å²) in [6.45, 7) is 14.9. The minimum absolute atomic E-state index is 0.00780. The Morgan fingerprint density at radius 2 is 2.12 bits per heavy atom. The van der Waals surface area contributed by atoms with Gasteiger partial charge in [-0.25, -0.2) is 4.85 Å². The van der Waals surface area contributed by atoms with Gasteiger partial charge in [0.15, 0.2) is 0 Å². The quantitative estimate of drug-likeness (QED) is 0.637. The molecule has 0 saturated carbocycles. The van der Waals surface area contributed by atoms with E-state index in [2.05, 4.69) is 11.8 Å². The van der Waals surface area contributed by atoms with E-state index in [0.29, 0.717) is 30.4 Å². The molecule has 0 amide bonds. The van der Waals surface area contributed by atoms with Crippen LogP contribution in [0.4, 0.5) is 0 Å². The molecule has 0 bridgehead atoms. The Kier molecular flexibility index (Phi) is 2.51. The first-order valence-electron chi connectivity index (χ1n) is 5.79. The van der Waals surface area contributed by atoms with Crippen LogP contribution >= 0.6 is 0 Å². The van der Waals surface area contributed by atoms with Crippen LogP contribution in [0.3, 0.4) is 0 Å². The summed E-state index contributed by atoms with van der Waals surface area (Å²) in [4.78, 5) is 3.48. The van der Waals surface area contributed by atoms with Gasteiger partial charge < -0.3 is 9.84 Å². The lowest BCUT2D eigenvalue weighted by molar-refractivity contribution is -0.0928. The third-order valence-corrected chi connectivity index (χ3v) is 4.28. The predicted molar refractivity (Wildman–Crippen MR) is 61.7 cm³/mol. The number of ether oxygens (including phenoxy) is 1. The van der Waals surface area contributed by atoms with E-state index in [1.165, 1.54) is 0 Å². The van der Waals surface area contributed by atoms with E-state index < -0.39 is 0 Å². The SMILES string of the molecule is [C-]#[N+]C1=C(O)C(C)(C)C2CCOC[C@@]2(C)C1. The van der Waals surface area contributed by atoms with Gasteiger partial charge in [0.1, 0.15) is 5.76 Å². The molecule has 1 saturated heterocycles. The maximum Gasteiger partial charge on any atom is 0.203 e. The summed E-state index contributed by atoms with van der Waals surface area (Å²) in [5, 5.41) is 10.2. The van der Waals surface area contributed by atoms with Crippen LogP contribution in [0.15, 0.2) is 11.5 Å². The van der Waals surface area contributed by atoms with Crippen molar-refractivity contribution in [3.05, 3.63) is 22.9 Å². The van der Waals surface area contributed by atoms with E-state index in [0.717, 1.165) is 13.0 Å². The number of aliphatic hydroxyl groups excluding tert-OH is 1. The zero-order chi connectivity index (χ0) is 12.0. The maximum atomic E-state index is 10.2. The molecular formula is C13H19NO2. The van der Waals surface area contributed by atoms with E-state index in [1.54, 1.807) is 0 Å². The molecule has 0 aromatic rings. The largest absolute Gasteiger partial charge is 0.523 e. The summed E-state index contributed by atoms with van der Waals surface area (Å²) in [6.07, 6.45) is 1.62. The van der Waals surface area contributed by atoms with Crippen molar-refractivity contribution in [2.75, 3.05) is 13.2 Å². The highest BCUT2D eigenvalue weighted by atomic mass is 16.5. The van der Waals surface area contributed by atoms with Crippen molar-refractivity contribution in [3.63, 3.8) is 0 Å². The van der Waals surface area contributed by atoms with Crippen LogP contribution in [0.5, 0.6) is 0 Å². The van der Waals surface area contributed by atoms with Gasteiger partial charge in [-0.3, -0.25) is 0 Å². The zero-order valence-corrected chi connectivity index (χ0v) is 10.2. The summed E-state index contributed by atoms with van der Waals surface area (Å²) in [5.74, 6) is 0.700. The summed E-state index contributed by atoms with van der Waals surface area (Å²) in [5.41, 5.74) is 0.235. The van der Waals surface area contributed by atoms with Crippen LogP contribution in [0, 0.1) is 23.3 Å². The number of aliphatic hydroxyl groups is 1. The van der Waals surface area contributed by atoms with E-state index in [-0.39, 0.29) is 10.8 Å². The molecule has 0 spiro atoms. The number of nitrogens with zero attached hydrogens (tertiary/aromatic N) is 1. The van der Waals surface area contributed by atoms with Crippen LogP contribution in [0.25, 0.3) is 4.85 Å². The van der Waals surface area contributed by atoms with Crippen molar-refractivity contribution >= 4 is 0 Å². The highest BCUT2D eigenvalue weighted by molar-refractivity contribution is 5.27. The predicted octanol–water partition coefficient (Wildman–Crippen LogP) is 3.15. The Morgan fingerprint density at radius 1 is 1.44 bits per heavy atom. The maximum absolute atomic E-state index is 10.2. The fraction of sp³-hybridized carbons (Fsp3) is 0.769. The molecule has 1 aliphatic heterocycles. The van der Waals surface area contributed by atoms with Gasteiger partial charge in [-0.1, -0.05) is 20.8 Å². The molecule has 3 nitrogen and oxygen atoms in total. The molecular weight excluding hydrogens is 202 g/mol. The van der Waals surface area contributed by atoms with Gasteiger partial charge in [0.25, 0.3) is 0 Å². The third-order valence-electron chi connectivity index (χ3n) is 4.28. The highest BCUT2D eigenvalue weighted by Crippen LogP contribution is 2.55. The first-order chi connectivity index (χ1) is 7.42. The van der Waals surface area contributed by atoms with Gasteiger partial charge in [0.2, 0.25) is 5.70 Å². The number of allylic oxidation sites excluding steroid dienone is 2. The van der Waals surface area contributed by atoms with Gasteiger partial charge in [-0.2, -0.15) is 0 Å². The number of hydrogen-bond acceptors (Lipinski definition) is 2. The Balaban J connectivity index is 2.48. The molecule has 2 atom stereocenters. The average molecular weight is 221 g/mol. The first kappa shape index (κ1) is 11.5. The second-order valence-corrected chi connectivity index (χ2v) is 5.85. The van der Waals surface area contributed by atoms with Crippen molar-refractivity contribution in [2.45, 2.75) is 33.6 Å². The molecule has 2 aliphatic rings.